The van der Waals surface area contributed by atoms with E-state index in [0.717, 1.165) is 0 Å². The van der Waals surface area contributed by atoms with Crippen molar-refractivity contribution in [3.05, 3.63) is 42.4 Å². The summed E-state index contributed by atoms with van der Waals surface area (Å²) in [5, 5.41) is 5.43. The van der Waals surface area contributed by atoms with Crippen LogP contribution in [0.4, 0.5) is 5.69 Å². The maximum atomic E-state index is 12.5. The quantitative estimate of drug-likeness (QED) is 0.869. The number of carbonyl (C=O) groups is 2. The van der Waals surface area contributed by atoms with Gasteiger partial charge in [-0.1, -0.05) is 34.6 Å². The number of rotatable bonds is 5. The van der Waals surface area contributed by atoms with Gasteiger partial charge in [0.2, 0.25) is 5.91 Å². The predicted molar refractivity (Wildman–Crippen MR) is 94.2 cm³/mol. The topological polar surface area (TPSA) is 97.1 Å². The highest BCUT2D eigenvalue weighted by Crippen LogP contribution is 2.18. The number of nitrogens with one attached hydrogen (secondary N) is 2. The van der Waals surface area contributed by atoms with Gasteiger partial charge in [0.15, 0.2) is 5.76 Å². The second kappa shape index (κ2) is 7.46. The summed E-state index contributed by atoms with van der Waals surface area (Å²) in [5.74, 6) is -0.0118. The summed E-state index contributed by atoms with van der Waals surface area (Å²) in [6.07, 6.45) is 4.54. The van der Waals surface area contributed by atoms with Crippen molar-refractivity contribution >= 4 is 17.5 Å². The van der Waals surface area contributed by atoms with Crippen LogP contribution in [0, 0.1) is 5.92 Å². The van der Waals surface area contributed by atoms with Crippen molar-refractivity contribution in [1.82, 2.24) is 15.3 Å². The van der Waals surface area contributed by atoms with E-state index < -0.39 is 11.9 Å². The zero-order valence-corrected chi connectivity index (χ0v) is 15.2. The first-order valence-electron chi connectivity index (χ1n) is 8.16. The second-order valence-corrected chi connectivity index (χ2v) is 7.21. The molecule has 0 fully saturated rings. The van der Waals surface area contributed by atoms with Crippen LogP contribution in [0.2, 0.25) is 0 Å². The molecule has 2 amide bonds. The Bertz CT molecular complexity index is 716. The molecule has 2 rings (SSSR count). The Labute approximate surface area is 147 Å². The fourth-order valence-electron chi connectivity index (χ4n) is 2.15. The van der Waals surface area contributed by atoms with E-state index in [4.69, 9.17) is 4.42 Å². The third kappa shape index (κ3) is 4.89. The molecular formula is C18H24N4O3. The summed E-state index contributed by atoms with van der Waals surface area (Å²) in [4.78, 5) is 33.2. The highest BCUT2D eigenvalue weighted by Gasteiger charge is 2.26. The minimum absolute atomic E-state index is 0.103. The molecule has 2 N–H and O–H groups in total. The van der Waals surface area contributed by atoms with E-state index in [2.05, 4.69) is 20.6 Å². The molecule has 2 heterocycles. The summed E-state index contributed by atoms with van der Waals surface area (Å²) in [7, 11) is 0. The Balaban J connectivity index is 2.06. The van der Waals surface area contributed by atoms with Gasteiger partial charge in [0.05, 0.1) is 24.3 Å². The number of carbonyl (C=O) groups excluding carboxylic acids is 2. The van der Waals surface area contributed by atoms with Crippen LogP contribution in [-0.4, -0.2) is 27.8 Å². The van der Waals surface area contributed by atoms with E-state index in [0.29, 0.717) is 11.5 Å². The van der Waals surface area contributed by atoms with Gasteiger partial charge in [-0.25, -0.2) is 9.97 Å². The molecule has 0 spiro atoms. The van der Waals surface area contributed by atoms with Gasteiger partial charge < -0.3 is 15.1 Å². The molecule has 134 valence electrons. The molecule has 0 bridgehead atoms. The van der Waals surface area contributed by atoms with E-state index in [1.165, 1.54) is 6.26 Å². The van der Waals surface area contributed by atoms with Crippen LogP contribution in [-0.2, 0) is 10.2 Å². The third-order valence-electron chi connectivity index (χ3n) is 3.57. The lowest BCUT2D eigenvalue weighted by Crippen LogP contribution is -2.47. The van der Waals surface area contributed by atoms with Gasteiger partial charge in [-0.2, -0.15) is 0 Å². The average molecular weight is 344 g/mol. The number of nitrogens with zero attached hydrogens (tertiary/aromatic N) is 2. The monoisotopic (exact) mass is 344 g/mol. The SMILES string of the molecule is CC(C)[C@@H](NC(=O)c1ccco1)C(=O)Nc1cnc(C(C)(C)C)nc1. The van der Waals surface area contributed by atoms with E-state index in [9.17, 15) is 9.59 Å². The van der Waals surface area contributed by atoms with Crippen molar-refractivity contribution < 1.29 is 14.0 Å². The van der Waals surface area contributed by atoms with Crippen molar-refractivity contribution in [3.63, 3.8) is 0 Å². The van der Waals surface area contributed by atoms with Crippen molar-refractivity contribution in [3.8, 4) is 0 Å². The number of aromatic nitrogens is 2. The first-order valence-corrected chi connectivity index (χ1v) is 8.16. The van der Waals surface area contributed by atoms with Crippen LogP contribution in [0.1, 0.15) is 51.0 Å². The lowest BCUT2D eigenvalue weighted by Gasteiger charge is -2.21. The van der Waals surface area contributed by atoms with E-state index >= 15 is 0 Å². The fraction of sp³-hybridized carbons (Fsp3) is 0.444. The lowest BCUT2D eigenvalue weighted by molar-refractivity contribution is -0.118. The van der Waals surface area contributed by atoms with Gasteiger partial charge in [-0.3, -0.25) is 9.59 Å². The molecule has 0 saturated heterocycles. The van der Waals surface area contributed by atoms with E-state index in [1.54, 1.807) is 24.5 Å². The zero-order chi connectivity index (χ0) is 18.6. The minimum atomic E-state index is -0.708. The Morgan fingerprint density at radius 2 is 1.80 bits per heavy atom. The number of hydrogen-bond donors (Lipinski definition) is 2. The summed E-state index contributed by atoms with van der Waals surface area (Å²) < 4.78 is 5.06. The zero-order valence-electron chi connectivity index (χ0n) is 15.2. The molecule has 2 aromatic heterocycles. The van der Waals surface area contributed by atoms with Crippen LogP contribution in [0.5, 0.6) is 0 Å². The normalized spacial score (nSPS) is 12.7. The molecule has 0 radical (unpaired) electrons. The number of anilines is 1. The van der Waals surface area contributed by atoms with Crippen molar-refractivity contribution in [2.75, 3.05) is 5.32 Å². The van der Waals surface area contributed by atoms with Crippen molar-refractivity contribution in [2.24, 2.45) is 5.92 Å². The van der Waals surface area contributed by atoms with E-state index in [-0.39, 0.29) is 23.0 Å². The largest absolute Gasteiger partial charge is 0.459 e. The van der Waals surface area contributed by atoms with E-state index in [1.807, 2.05) is 34.6 Å². The molecule has 0 unspecified atom stereocenters. The summed E-state index contributed by atoms with van der Waals surface area (Å²) >= 11 is 0. The predicted octanol–water partition coefficient (Wildman–Crippen LogP) is 2.76. The molecule has 7 heteroatoms. The standard InChI is InChI=1S/C18H24N4O3/c1-11(2)14(22-15(23)13-7-6-8-25-13)16(24)21-12-9-19-17(20-10-12)18(3,4)5/h6-11,14H,1-5H3,(H,21,24)(H,22,23)/t14-/m1/s1. The summed E-state index contributed by atoms with van der Waals surface area (Å²) in [6, 6.07) is 2.46. The number of amides is 2. The molecule has 25 heavy (non-hydrogen) atoms. The molecule has 0 aliphatic carbocycles. The van der Waals surface area contributed by atoms with Gasteiger partial charge in [0.1, 0.15) is 11.9 Å². The maximum Gasteiger partial charge on any atom is 0.287 e. The molecule has 2 aromatic rings. The first kappa shape index (κ1) is 18.6. The maximum absolute atomic E-state index is 12.5. The van der Waals surface area contributed by atoms with Crippen LogP contribution in [0.15, 0.2) is 35.2 Å². The van der Waals surface area contributed by atoms with Gasteiger partial charge in [0.25, 0.3) is 5.91 Å². The summed E-state index contributed by atoms with van der Waals surface area (Å²) in [5.41, 5.74) is 0.316. The van der Waals surface area contributed by atoms with Crippen LogP contribution >= 0.6 is 0 Å². The van der Waals surface area contributed by atoms with Crippen LogP contribution in [0.25, 0.3) is 0 Å². The van der Waals surface area contributed by atoms with Gasteiger partial charge in [0, 0.05) is 5.41 Å². The summed E-state index contributed by atoms with van der Waals surface area (Å²) in [6.45, 7) is 9.75. The van der Waals surface area contributed by atoms with Crippen LogP contribution in [0.3, 0.4) is 0 Å². The van der Waals surface area contributed by atoms with Crippen molar-refractivity contribution in [2.45, 2.75) is 46.1 Å². The fourth-order valence-corrected chi connectivity index (χ4v) is 2.15. The van der Waals surface area contributed by atoms with Crippen molar-refractivity contribution in [1.29, 1.82) is 0 Å². The Kier molecular flexibility index (Phi) is 5.56. The minimum Gasteiger partial charge on any atom is -0.459 e. The highest BCUT2D eigenvalue weighted by atomic mass is 16.3. The highest BCUT2D eigenvalue weighted by molar-refractivity contribution is 6.00. The smallest absolute Gasteiger partial charge is 0.287 e. The molecule has 0 saturated carbocycles. The Hall–Kier alpha value is -2.70. The number of hydrogen-bond acceptors (Lipinski definition) is 5. The third-order valence-corrected chi connectivity index (χ3v) is 3.57. The Morgan fingerprint density at radius 3 is 2.28 bits per heavy atom. The molecule has 0 aliphatic heterocycles. The molecule has 7 nitrogen and oxygen atoms in total. The average Bonchev–Trinajstić information content (AvgIpc) is 3.06. The second-order valence-electron chi connectivity index (χ2n) is 7.21. The van der Waals surface area contributed by atoms with Gasteiger partial charge in [-0.05, 0) is 18.1 Å². The lowest BCUT2D eigenvalue weighted by atomic mass is 9.96. The molecule has 1 atom stereocenters. The molecular weight excluding hydrogens is 320 g/mol. The Morgan fingerprint density at radius 1 is 1.16 bits per heavy atom. The van der Waals surface area contributed by atoms with Gasteiger partial charge >= 0.3 is 0 Å². The van der Waals surface area contributed by atoms with Crippen LogP contribution < -0.4 is 10.6 Å². The van der Waals surface area contributed by atoms with Gasteiger partial charge in [-0.15, -0.1) is 0 Å². The molecule has 0 aromatic carbocycles. The number of furan rings is 1. The first-order chi connectivity index (χ1) is 11.7. The molecule has 0 aliphatic rings.